The van der Waals surface area contributed by atoms with Gasteiger partial charge in [0.25, 0.3) is 0 Å². The van der Waals surface area contributed by atoms with Gasteiger partial charge < -0.3 is 15.0 Å². The second kappa shape index (κ2) is 8.88. The van der Waals surface area contributed by atoms with Crippen LogP contribution in [0.2, 0.25) is 5.02 Å². The van der Waals surface area contributed by atoms with Crippen LogP contribution >= 0.6 is 11.6 Å². The number of likely N-dealkylation sites (tertiary alicyclic amines) is 1. The van der Waals surface area contributed by atoms with Crippen molar-refractivity contribution < 1.29 is 9.53 Å². The molecular formula is C19H28ClN3O2. The predicted molar refractivity (Wildman–Crippen MR) is 101 cm³/mol. The van der Waals surface area contributed by atoms with Crippen LogP contribution in [0.1, 0.15) is 31.2 Å². The molecule has 1 N–H and O–H groups in total. The summed E-state index contributed by atoms with van der Waals surface area (Å²) in [5, 5.41) is 3.63. The van der Waals surface area contributed by atoms with E-state index in [2.05, 4.69) is 10.2 Å². The van der Waals surface area contributed by atoms with Crippen LogP contribution in [0.4, 0.5) is 10.5 Å². The first-order valence-corrected chi connectivity index (χ1v) is 9.66. The van der Waals surface area contributed by atoms with E-state index >= 15 is 0 Å². The van der Waals surface area contributed by atoms with E-state index in [0.29, 0.717) is 11.1 Å². The van der Waals surface area contributed by atoms with Gasteiger partial charge in [-0.1, -0.05) is 23.7 Å². The van der Waals surface area contributed by atoms with Crippen LogP contribution in [0.15, 0.2) is 18.2 Å². The van der Waals surface area contributed by atoms with Gasteiger partial charge in [0, 0.05) is 32.2 Å². The first kappa shape index (κ1) is 18.5. The number of piperidine rings is 1. The third-order valence-corrected chi connectivity index (χ3v) is 5.54. The lowest BCUT2D eigenvalue weighted by Crippen LogP contribution is -2.48. The smallest absolute Gasteiger partial charge is 0.322 e. The molecular weight excluding hydrogens is 338 g/mol. The number of hydrogen-bond donors (Lipinski definition) is 1. The molecule has 0 radical (unpaired) electrons. The lowest BCUT2D eigenvalue weighted by molar-refractivity contribution is 0.0329. The van der Waals surface area contributed by atoms with E-state index in [1.54, 1.807) is 0 Å². The number of halogens is 1. The first-order chi connectivity index (χ1) is 12.1. The number of ether oxygens (including phenoxy) is 1. The summed E-state index contributed by atoms with van der Waals surface area (Å²) in [5.74, 6) is 0. The molecule has 2 aliphatic heterocycles. The summed E-state index contributed by atoms with van der Waals surface area (Å²) >= 11 is 6.26. The highest BCUT2D eigenvalue weighted by Gasteiger charge is 2.27. The van der Waals surface area contributed by atoms with E-state index in [0.717, 1.165) is 69.9 Å². The van der Waals surface area contributed by atoms with Gasteiger partial charge in [-0.05, 0) is 44.2 Å². The molecule has 138 valence electrons. The minimum atomic E-state index is -0.0251. The minimum Gasteiger partial charge on any atom is -0.379 e. The van der Waals surface area contributed by atoms with Crippen molar-refractivity contribution in [3.8, 4) is 0 Å². The second-order valence-corrected chi connectivity index (χ2v) is 7.35. The van der Waals surface area contributed by atoms with Crippen molar-refractivity contribution in [3.63, 3.8) is 0 Å². The number of carbonyl (C=O) groups is 1. The SMILES string of the molecule is Cc1cccc(Cl)c1NC(=O)N1CCCC[C@H]1CCN1CCOCC1. The van der Waals surface area contributed by atoms with Gasteiger partial charge in [0.05, 0.1) is 23.9 Å². The maximum atomic E-state index is 12.9. The molecule has 0 aromatic heterocycles. The Hall–Kier alpha value is -1.30. The van der Waals surface area contributed by atoms with Crippen molar-refractivity contribution in [2.75, 3.05) is 44.7 Å². The zero-order valence-corrected chi connectivity index (χ0v) is 15.7. The van der Waals surface area contributed by atoms with E-state index in [1.165, 1.54) is 6.42 Å². The van der Waals surface area contributed by atoms with E-state index < -0.39 is 0 Å². The topological polar surface area (TPSA) is 44.8 Å². The molecule has 0 unspecified atom stereocenters. The Morgan fingerprint density at radius 3 is 2.84 bits per heavy atom. The number of carbonyl (C=O) groups excluding carboxylic acids is 1. The molecule has 0 saturated carbocycles. The Bertz CT molecular complexity index is 570. The molecule has 2 fully saturated rings. The van der Waals surface area contributed by atoms with Crippen molar-refractivity contribution in [2.45, 2.75) is 38.6 Å². The summed E-state index contributed by atoms with van der Waals surface area (Å²) < 4.78 is 5.41. The molecule has 6 heteroatoms. The highest BCUT2D eigenvalue weighted by atomic mass is 35.5. The summed E-state index contributed by atoms with van der Waals surface area (Å²) in [5.41, 5.74) is 1.72. The van der Waals surface area contributed by atoms with Crippen molar-refractivity contribution in [3.05, 3.63) is 28.8 Å². The zero-order chi connectivity index (χ0) is 17.6. The molecule has 0 bridgehead atoms. The quantitative estimate of drug-likeness (QED) is 0.883. The fourth-order valence-corrected chi connectivity index (χ4v) is 3.96. The third kappa shape index (κ3) is 4.87. The van der Waals surface area contributed by atoms with Crippen LogP contribution in [-0.4, -0.2) is 61.3 Å². The average molecular weight is 366 g/mol. The van der Waals surface area contributed by atoms with Crippen molar-refractivity contribution >= 4 is 23.3 Å². The maximum absolute atomic E-state index is 12.9. The van der Waals surface area contributed by atoms with E-state index in [9.17, 15) is 4.79 Å². The molecule has 2 saturated heterocycles. The van der Waals surface area contributed by atoms with Crippen molar-refractivity contribution in [1.82, 2.24) is 9.80 Å². The Kier molecular flexibility index (Phi) is 6.57. The Balaban J connectivity index is 1.60. The van der Waals surface area contributed by atoms with E-state index in [4.69, 9.17) is 16.3 Å². The number of benzene rings is 1. The molecule has 1 aromatic rings. The molecule has 2 heterocycles. The van der Waals surface area contributed by atoms with Gasteiger partial charge in [0.2, 0.25) is 0 Å². The van der Waals surface area contributed by atoms with Gasteiger partial charge in [-0.2, -0.15) is 0 Å². The number of para-hydroxylation sites is 1. The molecule has 5 nitrogen and oxygen atoms in total. The number of amides is 2. The third-order valence-electron chi connectivity index (χ3n) is 5.22. The average Bonchev–Trinajstić information content (AvgIpc) is 2.64. The number of urea groups is 1. The Morgan fingerprint density at radius 2 is 2.08 bits per heavy atom. The summed E-state index contributed by atoms with van der Waals surface area (Å²) in [7, 11) is 0. The summed E-state index contributed by atoms with van der Waals surface area (Å²) in [6.07, 6.45) is 4.37. The highest BCUT2D eigenvalue weighted by Crippen LogP contribution is 2.27. The van der Waals surface area contributed by atoms with Gasteiger partial charge in [0.15, 0.2) is 0 Å². The van der Waals surface area contributed by atoms with E-state index in [1.807, 2.05) is 30.0 Å². The van der Waals surface area contributed by atoms with Gasteiger partial charge in [-0.15, -0.1) is 0 Å². The predicted octanol–water partition coefficient (Wildman–Crippen LogP) is 3.76. The lowest BCUT2D eigenvalue weighted by Gasteiger charge is -2.37. The summed E-state index contributed by atoms with van der Waals surface area (Å²) in [4.78, 5) is 17.3. The molecule has 25 heavy (non-hydrogen) atoms. The van der Waals surface area contributed by atoms with Crippen LogP contribution in [0.3, 0.4) is 0 Å². The van der Waals surface area contributed by atoms with Gasteiger partial charge in [-0.3, -0.25) is 4.90 Å². The van der Waals surface area contributed by atoms with Crippen molar-refractivity contribution in [1.29, 1.82) is 0 Å². The van der Waals surface area contributed by atoms with E-state index in [-0.39, 0.29) is 6.03 Å². The number of morpholine rings is 1. The molecule has 1 aromatic carbocycles. The van der Waals surface area contributed by atoms with Gasteiger partial charge in [-0.25, -0.2) is 4.79 Å². The number of anilines is 1. The Labute approximate surface area is 155 Å². The fraction of sp³-hybridized carbons (Fsp3) is 0.632. The normalized spacial score (nSPS) is 22.0. The summed E-state index contributed by atoms with van der Waals surface area (Å²) in [6.45, 7) is 7.45. The molecule has 0 spiro atoms. The maximum Gasteiger partial charge on any atom is 0.322 e. The second-order valence-electron chi connectivity index (χ2n) is 6.95. The molecule has 1 atom stereocenters. The van der Waals surface area contributed by atoms with Crippen LogP contribution in [-0.2, 0) is 4.74 Å². The lowest BCUT2D eigenvalue weighted by atomic mass is 9.99. The van der Waals surface area contributed by atoms with Crippen LogP contribution in [0.5, 0.6) is 0 Å². The van der Waals surface area contributed by atoms with Gasteiger partial charge >= 0.3 is 6.03 Å². The number of nitrogens with zero attached hydrogens (tertiary/aromatic N) is 2. The van der Waals surface area contributed by atoms with Gasteiger partial charge in [0.1, 0.15) is 0 Å². The van der Waals surface area contributed by atoms with Crippen LogP contribution in [0, 0.1) is 6.92 Å². The molecule has 0 aliphatic carbocycles. The summed E-state index contributed by atoms with van der Waals surface area (Å²) in [6, 6.07) is 5.96. The molecule has 3 rings (SSSR count). The number of hydrogen-bond acceptors (Lipinski definition) is 3. The van der Waals surface area contributed by atoms with Crippen LogP contribution in [0.25, 0.3) is 0 Å². The monoisotopic (exact) mass is 365 g/mol. The van der Waals surface area contributed by atoms with Crippen LogP contribution < -0.4 is 5.32 Å². The fourth-order valence-electron chi connectivity index (χ4n) is 3.69. The molecule has 2 aliphatic rings. The van der Waals surface area contributed by atoms with Crippen molar-refractivity contribution in [2.24, 2.45) is 0 Å². The Morgan fingerprint density at radius 1 is 1.28 bits per heavy atom. The highest BCUT2D eigenvalue weighted by molar-refractivity contribution is 6.33. The standard InChI is InChI=1S/C19H28ClN3O2/c1-15-5-4-7-17(20)18(15)21-19(24)23-9-3-2-6-16(23)8-10-22-11-13-25-14-12-22/h4-5,7,16H,2-3,6,8-14H2,1H3,(H,21,24)/t16-/m0/s1. The number of rotatable bonds is 4. The number of nitrogens with one attached hydrogen (secondary N) is 1. The largest absolute Gasteiger partial charge is 0.379 e. The minimum absolute atomic E-state index is 0.0251. The molecule has 2 amide bonds. The first-order valence-electron chi connectivity index (χ1n) is 9.28. The zero-order valence-electron chi connectivity index (χ0n) is 15.0. The number of aryl methyl sites for hydroxylation is 1.